The standard InChI is InChI=1S/C26H34N2O5S/c1-18-5-8-22(9-6-18)34(30,31)33-21-11-13-26(14-12-21)16-19(17-26)15-20-7-10-23(28-27-20)24(29)32-25(2,3)4/h5-10,19,21H,11-17H2,1-4H3. The average molecular weight is 487 g/mol. The van der Waals surface area contributed by atoms with Crippen LogP contribution in [0.15, 0.2) is 41.3 Å². The van der Waals surface area contributed by atoms with Gasteiger partial charge in [-0.25, -0.2) is 4.79 Å². The third-order valence-electron chi connectivity index (χ3n) is 6.83. The largest absolute Gasteiger partial charge is 0.455 e. The lowest BCUT2D eigenvalue weighted by Gasteiger charge is -2.51. The zero-order valence-corrected chi connectivity index (χ0v) is 21.2. The summed E-state index contributed by atoms with van der Waals surface area (Å²) in [6.45, 7) is 7.39. The van der Waals surface area contributed by atoms with Crippen LogP contribution < -0.4 is 0 Å². The molecule has 0 amide bonds. The van der Waals surface area contributed by atoms with Gasteiger partial charge in [0.05, 0.1) is 16.7 Å². The molecule has 1 spiro atoms. The van der Waals surface area contributed by atoms with Gasteiger partial charge in [0.1, 0.15) is 5.60 Å². The number of esters is 1. The second-order valence-electron chi connectivity index (χ2n) is 11.0. The summed E-state index contributed by atoms with van der Waals surface area (Å²) in [6.07, 6.45) is 6.32. The molecule has 1 aromatic carbocycles. The van der Waals surface area contributed by atoms with E-state index in [4.69, 9.17) is 8.92 Å². The van der Waals surface area contributed by atoms with Crippen molar-refractivity contribution in [2.24, 2.45) is 11.3 Å². The van der Waals surface area contributed by atoms with Gasteiger partial charge in [0.15, 0.2) is 5.69 Å². The Kier molecular flexibility index (Phi) is 6.84. The molecular weight excluding hydrogens is 452 g/mol. The van der Waals surface area contributed by atoms with Crippen molar-refractivity contribution in [3.8, 4) is 0 Å². The van der Waals surface area contributed by atoms with Crippen molar-refractivity contribution < 1.29 is 22.1 Å². The zero-order chi connectivity index (χ0) is 24.6. The Labute approximate surface area is 202 Å². The molecule has 184 valence electrons. The third kappa shape index (κ3) is 6.02. The molecule has 2 aliphatic carbocycles. The summed E-state index contributed by atoms with van der Waals surface area (Å²) in [6, 6.07) is 10.3. The maximum Gasteiger partial charge on any atom is 0.359 e. The normalized spacial score (nSPS) is 25.1. The molecule has 0 N–H and O–H groups in total. The number of carbonyl (C=O) groups is 1. The highest BCUT2D eigenvalue weighted by atomic mass is 32.2. The van der Waals surface area contributed by atoms with E-state index >= 15 is 0 Å². The molecule has 2 aliphatic rings. The zero-order valence-electron chi connectivity index (χ0n) is 20.4. The number of nitrogens with zero attached hydrogens (tertiary/aromatic N) is 2. The predicted molar refractivity (Wildman–Crippen MR) is 128 cm³/mol. The second kappa shape index (κ2) is 9.38. The fraction of sp³-hybridized carbons (Fsp3) is 0.577. The van der Waals surface area contributed by atoms with E-state index in [0.717, 1.165) is 56.2 Å². The highest BCUT2D eigenvalue weighted by Gasteiger charge is 2.46. The van der Waals surface area contributed by atoms with Crippen molar-refractivity contribution in [1.82, 2.24) is 10.2 Å². The quantitative estimate of drug-likeness (QED) is 0.417. The van der Waals surface area contributed by atoms with E-state index in [0.29, 0.717) is 11.3 Å². The molecule has 7 nitrogen and oxygen atoms in total. The highest BCUT2D eigenvalue weighted by molar-refractivity contribution is 7.86. The van der Waals surface area contributed by atoms with E-state index in [1.54, 1.807) is 30.3 Å². The summed E-state index contributed by atoms with van der Waals surface area (Å²) in [5.41, 5.74) is 1.85. The van der Waals surface area contributed by atoms with Gasteiger partial charge in [0.2, 0.25) is 0 Å². The molecule has 2 fully saturated rings. The lowest BCUT2D eigenvalue weighted by molar-refractivity contribution is -0.0169. The van der Waals surface area contributed by atoms with E-state index in [1.165, 1.54) is 0 Å². The number of benzene rings is 1. The average Bonchev–Trinajstić information content (AvgIpc) is 2.73. The monoisotopic (exact) mass is 486 g/mol. The van der Waals surface area contributed by atoms with Gasteiger partial charge >= 0.3 is 5.97 Å². The molecule has 4 rings (SSSR count). The van der Waals surface area contributed by atoms with Crippen molar-refractivity contribution >= 4 is 16.1 Å². The molecule has 34 heavy (non-hydrogen) atoms. The van der Waals surface area contributed by atoms with Crippen LogP contribution in [0.5, 0.6) is 0 Å². The molecule has 1 aromatic heterocycles. The summed E-state index contributed by atoms with van der Waals surface area (Å²) in [4.78, 5) is 12.3. The van der Waals surface area contributed by atoms with E-state index in [2.05, 4.69) is 10.2 Å². The van der Waals surface area contributed by atoms with E-state index < -0.39 is 21.7 Å². The summed E-state index contributed by atoms with van der Waals surface area (Å²) < 4.78 is 36.1. The first-order valence-corrected chi connectivity index (χ1v) is 13.4. The van der Waals surface area contributed by atoms with E-state index in [1.807, 2.05) is 33.8 Å². The van der Waals surface area contributed by atoms with E-state index in [-0.39, 0.29) is 16.7 Å². The Balaban J connectivity index is 1.24. The first kappa shape index (κ1) is 24.8. The van der Waals surface area contributed by atoms with Gasteiger partial charge < -0.3 is 4.74 Å². The Morgan fingerprint density at radius 2 is 1.68 bits per heavy atom. The van der Waals surface area contributed by atoms with Crippen LogP contribution in [0.4, 0.5) is 0 Å². The van der Waals surface area contributed by atoms with Crippen LogP contribution in [0.2, 0.25) is 0 Å². The molecule has 0 unspecified atom stereocenters. The number of rotatable bonds is 6. The Hall–Kier alpha value is -2.32. The van der Waals surface area contributed by atoms with Crippen molar-refractivity contribution in [3.63, 3.8) is 0 Å². The Morgan fingerprint density at radius 3 is 2.24 bits per heavy atom. The smallest absolute Gasteiger partial charge is 0.359 e. The first-order chi connectivity index (χ1) is 15.9. The maximum atomic E-state index is 12.6. The molecule has 0 saturated heterocycles. The molecule has 2 aromatic rings. The van der Waals surface area contributed by atoms with Gasteiger partial charge in [0, 0.05) is 0 Å². The number of carbonyl (C=O) groups excluding carboxylic acids is 1. The number of hydrogen-bond donors (Lipinski definition) is 0. The third-order valence-corrected chi connectivity index (χ3v) is 8.21. The summed E-state index contributed by atoms with van der Waals surface area (Å²) >= 11 is 0. The summed E-state index contributed by atoms with van der Waals surface area (Å²) in [7, 11) is -3.72. The number of aryl methyl sites for hydroxylation is 1. The Bertz CT molecular complexity index is 1110. The first-order valence-electron chi connectivity index (χ1n) is 12.0. The fourth-order valence-electron chi connectivity index (χ4n) is 5.16. The molecule has 0 bridgehead atoms. The van der Waals surface area contributed by atoms with Crippen LogP contribution in [0.3, 0.4) is 0 Å². The highest BCUT2D eigenvalue weighted by Crippen LogP contribution is 2.56. The van der Waals surface area contributed by atoms with Crippen molar-refractivity contribution in [3.05, 3.63) is 53.3 Å². The Morgan fingerprint density at radius 1 is 1.03 bits per heavy atom. The lowest BCUT2D eigenvalue weighted by Crippen LogP contribution is -2.42. The van der Waals surface area contributed by atoms with Crippen molar-refractivity contribution in [1.29, 1.82) is 0 Å². The predicted octanol–water partition coefficient (Wildman–Crippen LogP) is 5.03. The van der Waals surface area contributed by atoms with Gasteiger partial charge in [-0.15, -0.1) is 5.10 Å². The fourth-order valence-corrected chi connectivity index (χ4v) is 6.29. The van der Waals surface area contributed by atoms with Crippen LogP contribution >= 0.6 is 0 Å². The molecule has 0 radical (unpaired) electrons. The summed E-state index contributed by atoms with van der Waals surface area (Å²) in [5, 5.41) is 8.29. The maximum absolute atomic E-state index is 12.6. The minimum absolute atomic E-state index is 0.223. The van der Waals surface area contributed by atoms with Crippen LogP contribution in [-0.4, -0.2) is 36.3 Å². The SMILES string of the molecule is Cc1ccc(S(=O)(=O)OC2CCC3(CC2)CC(Cc2ccc(C(=O)OC(C)(C)C)nn2)C3)cc1. The molecule has 8 heteroatoms. The van der Waals surface area contributed by atoms with Gasteiger partial charge in [-0.2, -0.15) is 13.5 Å². The molecular formula is C26H34N2O5S. The molecule has 0 atom stereocenters. The molecule has 0 aliphatic heterocycles. The topological polar surface area (TPSA) is 95.5 Å². The number of ether oxygens (including phenoxy) is 1. The second-order valence-corrected chi connectivity index (χ2v) is 12.5. The van der Waals surface area contributed by atoms with Crippen LogP contribution in [0, 0.1) is 18.3 Å². The van der Waals surface area contributed by atoms with Crippen LogP contribution in [0.1, 0.15) is 81.0 Å². The summed E-state index contributed by atoms with van der Waals surface area (Å²) in [5.74, 6) is 0.0768. The van der Waals surface area contributed by atoms with Gasteiger partial charge in [0.25, 0.3) is 10.1 Å². The van der Waals surface area contributed by atoms with Gasteiger partial charge in [-0.3, -0.25) is 4.18 Å². The van der Waals surface area contributed by atoms with Crippen molar-refractivity contribution in [2.75, 3.05) is 0 Å². The van der Waals surface area contributed by atoms with Gasteiger partial charge in [-0.1, -0.05) is 17.7 Å². The minimum atomic E-state index is -3.72. The molecule has 2 saturated carbocycles. The van der Waals surface area contributed by atoms with Crippen LogP contribution in [-0.2, 0) is 25.5 Å². The minimum Gasteiger partial charge on any atom is -0.455 e. The molecule has 1 heterocycles. The lowest BCUT2D eigenvalue weighted by atomic mass is 9.55. The van der Waals surface area contributed by atoms with Gasteiger partial charge in [-0.05, 0) is 108 Å². The van der Waals surface area contributed by atoms with Crippen LogP contribution in [0.25, 0.3) is 0 Å². The number of aromatic nitrogens is 2. The van der Waals surface area contributed by atoms with E-state index in [9.17, 15) is 13.2 Å². The van der Waals surface area contributed by atoms with Crippen molar-refractivity contribution in [2.45, 2.75) is 89.2 Å². The number of hydrogen-bond acceptors (Lipinski definition) is 7.